The van der Waals surface area contributed by atoms with Crippen LogP contribution in [0.5, 0.6) is 0 Å². The average Bonchev–Trinajstić information content (AvgIpc) is 3.04. The Hall–Kier alpha value is -2.97. The van der Waals surface area contributed by atoms with Gasteiger partial charge < -0.3 is 10.6 Å². The minimum Gasteiger partial charge on any atom is -0.325 e. The van der Waals surface area contributed by atoms with Crippen LogP contribution in [0, 0.1) is 13.8 Å². The molecular formula is C22H24BrN5O2. The van der Waals surface area contributed by atoms with Gasteiger partial charge in [0, 0.05) is 16.2 Å². The molecule has 0 aliphatic rings. The van der Waals surface area contributed by atoms with Crippen LogP contribution in [-0.4, -0.2) is 46.6 Å². The summed E-state index contributed by atoms with van der Waals surface area (Å²) in [5.74, 6) is 0.190. The van der Waals surface area contributed by atoms with Gasteiger partial charge in [0.15, 0.2) is 0 Å². The van der Waals surface area contributed by atoms with Crippen LogP contribution in [0.4, 0.5) is 11.5 Å². The van der Waals surface area contributed by atoms with Gasteiger partial charge in [-0.05, 0) is 56.8 Å². The number of nitrogens with one attached hydrogen (secondary N) is 2. The molecule has 8 heteroatoms. The monoisotopic (exact) mass is 469 g/mol. The number of aryl methyl sites for hydroxylation is 2. The van der Waals surface area contributed by atoms with E-state index in [1.807, 2.05) is 68.4 Å². The maximum Gasteiger partial charge on any atom is 0.239 e. The van der Waals surface area contributed by atoms with Gasteiger partial charge in [0.25, 0.3) is 0 Å². The zero-order chi connectivity index (χ0) is 21.7. The summed E-state index contributed by atoms with van der Waals surface area (Å²) < 4.78 is 2.65. The zero-order valence-corrected chi connectivity index (χ0v) is 18.7. The van der Waals surface area contributed by atoms with E-state index in [0.29, 0.717) is 5.82 Å². The van der Waals surface area contributed by atoms with E-state index < -0.39 is 0 Å². The van der Waals surface area contributed by atoms with Crippen LogP contribution < -0.4 is 10.6 Å². The number of anilines is 2. The van der Waals surface area contributed by atoms with Crippen molar-refractivity contribution in [1.29, 1.82) is 0 Å². The van der Waals surface area contributed by atoms with E-state index in [9.17, 15) is 9.59 Å². The fraction of sp³-hybridized carbons (Fsp3) is 0.227. The van der Waals surface area contributed by atoms with Crippen LogP contribution >= 0.6 is 15.9 Å². The highest BCUT2D eigenvalue weighted by atomic mass is 79.9. The summed E-state index contributed by atoms with van der Waals surface area (Å²) in [4.78, 5) is 26.5. The Morgan fingerprint density at radius 2 is 1.67 bits per heavy atom. The Balaban J connectivity index is 1.57. The summed E-state index contributed by atoms with van der Waals surface area (Å²) in [6.45, 7) is 3.97. The molecule has 3 rings (SSSR count). The van der Waals surface area contributed by atoms with Gasteiger partial charge in [-0.3, -0.25) is 14.5 Å². The van der Waals surface area contributed by atoms with Gasteiger partial charge in [-0.2, -0.15) is 5.10 Å². The molecular weight excluding hydrogens is 446 g/mol. The fourth-order valence-electron chi connectivity index (χ4n) is 3.04. The number of amides is 2. The summed E-state index contributed by atoms with van der Waals surface area (Å²) in [6, 6.07) is 17.1. The molecule has 0 fully saturated rings. The number of carbonyl (C=O) groups excluding carboxylic acids is 2. The molecule has 2 aromatic carbocycles. The van der Waals surface area contributed by atoms with Crippen LogP contribution in [0.1, 0.15) is 11.3 Å². The van der Waals surface area contributed by atoms with Crippen molar-refractivity contribution in [1.82, 2.24) is 14.7 Å². The van der Waals surface area contributed by atoms with E-state index >= 15 is 0 Å². The van der Waals surface area contributed by atoms with Gasteiger partial charge in [-0.1, -0.05) is 34.1 Å². The van der Waals surface area contributed by atoms with Crippen LogP contribution in [0.3, 0.4) is 0 Å². The predicted octanol–water partition coefficient (Wildman–Crippen LogP) is 3.76. The highest BCUT2D eigenvalue weighted by molar-refractivity contribution is 9.10. The minimum absolute atomic E-state index is 0.0752. The molecule has 3 aromatic rings. The molecule has 0 aliphatic heterocycles. The second kappa shape index (κ2) is 9.69. The molecule has 0 spiro atoms. The van der Waals surface area contributed by atoms with Gasteiger partial charge in [0.05, 0.1) is 24.5 Å². The molecule has 30 heavy (non-hydrogen) atoms. The fourth-order valence-corrected chi connectivity index (χ4v) is 3.52. The molecule has 1 aromatic heterocycles. The quantitative estimate of drug-likeness (QED) is 0.551. The van der Waals surface area contributed by atoms with Crippen LogP contribution in [-0.2, 0) is 9.59 Å². The van der Waals surface area contributed by atoms with Crippen molar-refractivity contribution < 1.29 is 9.59 Å². The molecule has 0 radical (unpaired) electrons. The maximum absolute atomic E-state index is 12.5. The lowest BCUT2D eigenvalue weighted by Crippen LogP contribution is -2.36. The van der Waals surface area contributed by atoms with Crippen molar-refractivity contribution >= 4 is 39.2 Å². The summed E-state index contributed by atoms with van der Waals surface area (Å²) in [6.07, 6.45) is 0. The SMILES string of the molecule is Cc1cc(NC(=O)CN(C)CC(=O)Nc2ccc(Br)cc2C)n(-c2ccccc2)n1. The van der Waals surface area contributed by atoms with Gasteiger partial charge in [0.1, 0.15) is 5.82 Å². The second-order valence-corrected chi connectivity index (χ2v) is 8.06. The largest absolute Gasteiger partial charge is 0.325 e. The normalized spacial score (nSPS) is 10.8. The Morgan fingerprint density at radius 3 is 2.33 bits per heavy atom. The second-order valence-electron chi connectivity index (χ2n) is 7.15. The summed E-state index contributed by atoms with van der Waals surface area (Å²) in [5.41, 5.74) is 3.37. The summed E-state index contributed by atoms with van der Waals surface area (Å²) in [7, 11) is 1.73. The van der Waals surface area contributed by atoms with E-state index in [1.165, 1.54) is 0 Å². The molecule has 156 valence electrons. The molecule has 0 unspecified atom stereocenters. The standard InChI is InChI=1S/C22H24BrN5O2/c1-15-11-17(23)9-10-19(15)24-21(29)13-27(3)14-22(30)25-20-12-16(2)26-28(20)18-7-5-4-6-8-18/h4-12H,13-14H2,1-3H3,(H,24,29)(H,25,30). The van der Waals surface area contributed by atoms with E-state index in [-0.39, 0.29) is 24.9 Å². The summed E-state index contributed by atoms with van der Waals surface area (Å²) >= 11 is 3.41. The molecule has 1 heterocycles. The number of rotatable bonds is 7. The third-order valence-corrected chi connectivity index (χ3v) is 4.88. The molecule has 2 N–H and O–H groups in total. The number of hydrogen-bond donors (Lipinski definition) is 2. The van der Waals surface area contributed by atoms with Gasteiger partial charge in [-0.25, -0.2) is 4.68 Å². The van der Waals surface area contributed by atoms with Crippen LogP contribution in [0.15, 0.2) is 59.1 Å². The average molecular weight is 470 g/mol. The smallest absolute Gasteiger partial charge is 0.239 e. The van der Waals surface area contributed by atoms with E-state index in [0.717, 1.165) is 27.1 Å². The number of aromatic nitrogens is 2. The van der Waals surface area contributed by atoms with E-state index in [4.69, 9.17) is 0 Å². The van der Waals surface area contributed by atoms with Crippen molar-refractivity contribution in [3.05, 3.63) is 70.3 Å². The number of hydrogen-bond acceptors (Lipinski definition) is 4. The molecule has 0 bridgehead atoms. The van der Waals surface area contributed by atoms with Crippen molar-refractivity contribution in [2.24, 2.45) is 0 Å². The van der Waals surface area contributed by atoms with Crippen molar-refractivity contribution in [3.63, 3.8) is 0 Å². The maximum atomic E-state index is 12.5. The molecule has 7 nitrogen and oxygen atoms in total. The van der Waals surface area contributed by atoms with E-state index in [1.54, 1.807) is 16.6 Å². The molecule has 0 saturated heterocycles. The number of nitrogens with zero attached hydrogens (tertiary/aromatic N) is 3. The lowest BCUT2D eigenvalue weighted by atomic mass is 10.2. The van der Waals surface area contributed by atoms with Crippen molar-refractivity contribution in [2.75, 3.05) is 30.8 Å². The number of halogens is 1. The number of benzene rings is 2. The van der Waals surface area contributed by atoms with Gasteiger partial charge in [0.2, 0.25) is 11.8 Å². The van der Waals surface area contributed by atoms with Crippen LogP contribution in [0.2, 0.25) is 0 Å². The number of para-hydroxylation sites is 1. The van der Waals surface area contributed by atoms with Crippen LogP contribution in [0.25, 0.3) is 5.69 Å². The van der Waals surface area contributed by atoms with Gasteiger partial charge >= 0.3 is 0 Å². The molecule has 0 saturated carbocycles. The van der Waals surface area contributed by atoms with E-state index in [2.05, 4.69) is 31.7 Å². The molecule has 2 amide bonds. The Kier molecular flexibility index (Phi) is 7.02. The first-order chi connectivity index (χ1) is 14.3. The predicted molar refractivity (Wildman–Crippen MR) is 122 cm³/mol. The summed E-state index contributed by atoms with van der Waals surface area (Å²) in [5, 5.41) is 10.2. The minimum atomic E-state index is -0.220. The zero-order valence-electron chi connectivity index (χ0n) is 17.1. The Morgan fingerprint density at radius 1 is 1.00 bits per heavy atom. The first-order valence-corrected chi connectivity index (χ1v) is 10.3. The lowest BCUT2D eigenvalue weighted by Gasteiger charge is -2.17. The first-order valence-electron chi connectivity index (χ1n) is 9.48. The third kappa shape index (κ3) is 5.77. The highest BCUT2D eigenvalue weighted by Gasteiger charge is 2.15. The molecule has 0 atom stereocenters. The Bertz CT molecular complexity index is 1050. The van der Waals surface area contributed by atoms with Crippen molar-refractivity contribution in [2.45, 2.75) is 13.8 Å². The Labute approximate surface area is 184 Å². The number of likely N-dealkylation sites (N-methyl/N-ethyl adjacent to an activating group) is 1. The highest BCUT2D eigenvalue weighted by Crippen LogP contribution is 2.20. The molecule has 0 aliphatic carbocycles. The van der Waals surface area contributed by atoms with Crippen molar-refractivity contribution in [3.8, 4) is 5.69 Å². The topological polar surface area (TPSA) is 79.3 Å². The third-order valence-electron chi connectivity index (χ3n) is 4.39. The first kappa shape index (κ1) is 21.7. The van der Waals surface area contributed by atoms with Gasteiger partial charge in [-0.15, -0.1) is 0 Å². The lowest BCUT2D eigenvalue weighted by molar-refractivity contribution is -0.119. The number of carbonyl (C=O) groups is 2.